The highest BCUT2D eigenvalue weighted by atomic mass is 35.5. The maximum Gasteiger partial charge on any atom is 0.254 e. The fourth-order valence-corrected chi connectivity index (χ4v) is 2.11. The second-order valence-electron chi connectivity index (χ2n) is 4.91. The van der Waals surface area contributed by atoms with E-state index in [1.54, 1.807) is 48.5 Å². The van der Waals surface area contributed by atoms with Gasteiger partial charge in [0.1, 0.15) is 0 Å². The number of benzene rings is 1. The lowest BCUT2D eigenvalue weighted by molar-refractivity contribution is 0.0784. The predicted octanol–water partition coefficient (Wildman–Crippen LogP) is 1.95. The Hall–Kier alpha value is -2.31. The number of carbonyl (C=O) groups excluding carboxylic acids is 1. The largest absolute Gasteiger partial charge is 0.504 e. The molecule has 0 unspecified atom stereocenters. The number of hydrogen-bond donors (Lipinski definition) is 2. The minimum absolute atomic E-state index is 0. The summed E-state index contributed by atoms with van der Waals surface area (Å²) >= 11 is 0. The van der Waals surface area contributed by atoms with Crippen LogP contribution in [0, 0.1) is 0 Å². The molecule has 7 heteroatoms. The van der Waals surface area contributed by atoms with Gasteiger partial charge in [-0.1, -0.05) is 6.07 Å². The number of methoxy groups -OCH3 is 1. The third kappa shape index (κ3) is 4.58. The first-order valence-electron chi connectivity index (χ1n) is 6.81. The Morgan fingerprint density at radius 2 is 2.09 bits per heavy atom. The maximum atomic E-state index is 12.4. The summed E-state index contributed by atoms with van der Waals surface area (Å²) in [7, 11) is 3.20. The van der Waals surface area contributed by atoms with Gasteiger partial charge in [0.15, 0.2) is 11.5 Å². The topological polar surface area (TPSA) is 88.7 Å². The molecular weight excluding hydrogens is 318 g/mol. The van der Waals surface area contributed by atoms with Crippen molar-refractivity contribution >= 4 is 18.3 Å². The molecule has 3 N–H and O–H groups in total. The summed E-state index contributed by atoms with van der Waals surface area (Å²) in [5.41, 5.74) is 7.62. The standard InChI is InChI=1S/C16H19N3O3.ClH/c1-19(10-11-3-4-14(20)15(7-11)22-2)16(21)12-5-6-18-13(8-12)9-17;/h3-8,20H,9-10,17H2,1-2H3;1H. The Kier molecular flexibility index (Phi) is 6.81. The lowest BCUT2D eigenvalue weighted by atomic mass is 10.1. The number of pyridine rings is 1. The molecule has 0 spiro atoms. The summed E-state index contributed by atoms with van der Waals surface area (Å²) in [5, 5.41) is 9.59. The van der Waals surface area contributed by atoms with Crippen LogP contribution in [0.2, 0.25) is 0 Å². The van der Waals surface area contributed by atoms with Crippen molar-refractivity contribution in [1.82, 2.24) is 9.88 Å². The second kappa shape index (κ2) is 8.36. The van der Waals surface area contributed by atoms with E-state index < -0.39 is 0 Å². The number of ether oxygens (including phenoxy) is 1. The van der Waals surface area contributed by atoms with E-state index in [2.05, 4.69) is 4.98 Å². The van der Waals surface area contributed by atoms with Crippen LogP contribution in [0.5, 0.6) is 11.5 Å². The number of rotatable bonds is 5. The second-order valence-corrected chi connectivity index (χ2v) is 4.91. The van der Waals surface area contributed by atoms with E-state index in [1.165, 1.54) is 7.11 Å². The monoisotopic (exact) mass is 337 g/mol. The number of nitrogens with two attached hydrogens (primary N) is 1. The van der Waals surface area contributed by atoms with E-state index >= 15 is 0 Å². The van der Waals surface area contributed by atoms with Crippen LogP contribution in [0.4, 0.5) is 0 Å². The smallest absolute Gasteiger partial charge is 0.254 e. The molecule has 2 rings (SSSR count). The van der Waals surface area contributed by atoms with Gasteiger partial charge in [-0.2, -0.15) is 0 Å². The van der Waals surface area contributed by atoms with Crippen LogP contribution < -0.4 is 10.5 Å². The number of aromatic hydroxyl groups is 1. The number of carbonyl (C=O) groups is 1. The molecule has 1 aromatic carbocycles. The van der Waals surface area contributed by atoms with Gasteiger partial charge >= 0.3 is 0 Å². The molecule has 1 amide bonds. The van der Waals surface area contributed by atoms with Gasteiger partial charge < -0.3 is 20.5 Å². The van der Waals surface area contributed by atoms with Gasteiger partial charge in [-0.05, 0) is 29.8 Å². The fourth-order valence-electron chi connectivity index (χ4n) is 2.11. The molecule has 0 radical (unpaired) electrons. The maximum absolute atomic E-state index is 12.4. The molecule has 1 aromatic heterocycles. The number of hydrogen-bond acceptors (Lipinski definition) is 5. The fraction of sp³-hybridized carbons (Fsp3) is 0.250. The molecule has 0 aliphatic carbocycles. The van der Waals surface area contributed by atoms with Crippen LogP contribution in [-0.4, -0.2) is 35.1 Å². The number of phenols is 1. The highest BCUT2D eigenvalue weighted by Crippen LogP contribution is 2.26. The van der Waals surface area contributed by atoms with Gasteiger partial charge in [0, 0.05) is 31.9 Å². The van der Waals surface area contributed by atoms with Gasteiger partial charge in [-0.3, -0.25) is 9.78 Å². The van der Waals surface area contributed by atoms with Gasteiger partial charge in [0.05, 0.1) is 12.8 Å². The van der Waals surface area contributed by atoms with Crippen molar-refractivity contribution in [3.63, 3.8) is 0 Å². The Bertz CT molecular complexity index is 679. The van der Waals surface area contributed by atoms with Crippen LogP contribution in [0.15, 0.2) is 36.5 Å². The number of amides is 1. The van der Waals surface area contributed by atoms with Crippen molar-refractivity contribution in [2.45, 2.75) is 13.1 Å². The van der Waals surface area contributed by atoms with Crippen molar-refractivity contribution in [3.05, 3.63) is 53.3 Å². The van der Waals surface area contributed by atoms with Crippen molar-refractivity contribution in [2.75, 3.05) is 14.2 Å². The van der Waals surface area contributed by atoms with E-state index in [0.29, 0.717) is 30.1 Å². The van der Waals surface area contributed by atoms with Gasteiger partial charge in [0.2, 0.25) is 0 Å². The minimum Gasteiger partial charge on any atom is -0.504 e. The molecule has 0 atom stereocenters. The van der Waals surface area contributed by atoms with E-state index in [1.807, 2.05) is 0 Å². The molecule has 0 aliphatic heterocycles. The van der Waals surface area contributed by atoms with Crippen LogP contribution in [0.1, 0.15) is 21.6 Å². The molecule has 0 aliphatic rings. The van der Waals surface area contributed by atoms with Crippen molar-refractivity contribution in [3.8, 4) is 11.5 Å². The first-order chi connectivity index (χ1) is 10.5. The van der Waals surface area contributed by atoms with Gasteiger partial charge in [0.25, 0.3) is 5.91 Å². The third-order valence-corrected chi connectivity index (χ3v) is 3.28. The van der Waals surface area contributed by atoms with E-state index in [9.17, 15) is 9.90 Å². The van der Waals surface area contributed by atoms with Crippen LogP contribution in [-0.2, 0) is 13.1 Å². The number of phenolic OH excluding ortho intramolecular Hbond substituents is 1. The van der Waals surface area contributed by atoms with Crippen molar-refractivity contribution < 1.29 is 14.6 Å². The Morgan fingerprint density at radius 1 is 1.35 bits per heavy atom. The summed E-state index contributed by atoms with van der Waals surface area (Å²) in [6.45, 7) is 0.690. The Balaban J connectivity index is 0.00000264. The summed E-state index contributed by atoms with van der Waals surface area (Å²) < 4.78 is 5.07. The van der Waals surface area contributed by atoms with E-state index in [0.717, 1.165) is 5.56 Å². The normalized spacial score (nSPS) is 9.87. The number of halogens is 1. The average molecular weight is 338 g/mol. The van der Waals surface area contributed by atoms with Crippen LogP contribution in [0.3, 0.4) is 0 Å². The van der Waals surface area contributed by atoms with E-state index in [-0.39, 0.29) is 24.1 Å². The Labute approximate surface area is 141 Å². The zero-order chi connectivity index (χ0) is 16.1. The zero-order valence-corrected chi connectivity index (χ0v) is 13.8. The molecule has 0 saturated heterocycles. The molecule has 0 bridgehead atoms. The molecule has 0 saturated carbocycles. The quantitative estimate of drug-likeness (QED) is 0.870. The molecule has 124 valence electrons. The third-order valence-electron chi connectivity index (χ3n) is 3.28. The van der Waals surface area contributed by atoms with Crippen molar-refractivity contribution in [1.29, 1.82) is 0 Å². The molecule has 23 heavy (non-hydrogen) atoms. The lowest BCUT2D eigenvalue weighted by Crippen LogP contribution is -2.26. The highest BCUT2D eigenvalue weighted by Gasteiger charge is 2.13. The summed E-state index contributed by atoms with van der Waals surface area (Å²) in [6.07, 6.45) is 1.58. The molecule has 6 nitrogen and oxygen atoms in total. The van der Waals surface area contributed by atoms with Gasteiger partial charge in [-0.25, -0.2) is 0 Å². The van der Waals surface area contributed by atoms with Crippen molar-refractivity contribution in [2.24, 2.45) is 5.73 Å². The van der Waals surface area contributed by atoms with Crippen LogP contribution in [0.25, 0.3) is 0 Å². The van der Waals surface area contributed by atoms with E-state index in [4.69, 9.17) is 10.5 Å². The molecular formula is C16H20ClN3O3. The van der Waals surface area contributed by atoms with Gasteiger partial charge in [-0.15, -0.1) is 12.4 Å². The van der Waals surface area contributed by atoms with Crippen LogP contribution >= 0.6 is 12.4 Å². The predicted molar refractivity (Wildman–Crippen MR) is 89.8 cm³/mol. The number of nitrogens with zero attached hydrogens (tertiary/aromatic N) is 2. The SMILES string of the molecule is COc1cc(CN(C)C(=O)c2ccnc(CN)c2)ccc1O.Cl. The summed E-state index contributed by atoms with van der Waals surface area (Å²) in [5.74, 6) is 0.332. The Morgan fingerprint density at radius 3 is 2.74 bits per heavy atom. The average Bonchev–Trinajstić information content (AvgIpc) is 2.55. The molecule has 1 heterocycles. The first kappa shape index (κ1) is 18.7. The lowest BCUT2D eigenvalue weighted by Gasteiger charge is -2.18. The summed E-state index contributed by atoms with van der Waals surface area (Å²) in [6, 6.07) is 8.35. The summed E-state index contributed by atoms with van der Waals surface area (Å²) in [4.78, 5) is 18.1. The molecule has 0 fully saturated rings. The zero-order valence-electron chi connectivity index (χ0n) is 13.0. The molecule has 2 aromatic rings. The first-order valence-corrected chi connectivity index (χ1v) is 6.81. The number of aromatic nitrogens is 1. The highest BCUT2D eigenvalue weighted by molar-refractivity contribution is 5.94. The minimum atomic E-state index is -0.121.